The van der Waals surface area contributed by atoms with Crippen LogP contribution in [0.5, 0.6) is 0 Å². The van der Waals surface area contributed by atoms with E-state index in [-0.39, 0.29) is 24.2 Å². The Morgan fingerprint density at radius 3 is 2.35 bits per heavy atom. The minimum absolute atomic E-state index is 0.0717. The summed E-state index contributed by atoms with van der Waals surface area (Å²) < 4.78 is 0. The molecule has 132 valence electrons. The van der Waals surface area contributed by atoms with Gasteiger partial charge >= 0.3 is 6.03 Å². The van der Waals surface area contributed by atoms with E-state index in [0.717, 1.165) is 29.7 Å². The van der Waals surface area contributed by atoms with Crippen LogP contribution in [0, 0.1) is 11.8 Å². The number of rotatable bonds is 1. The summed E-state index contributed by atoms with van der Waals surface area (Å²) in [6.07, 6.45) is 3.07. The first kappa shape index (κ1) is 16.7. The molecule has 4 nitrogen and oxygen atoms in total. The monoisotopic (exact) mass is 346 g/mol. The van der Waals surface area contributed by atoms with Gasteiger partial charge in [0.2, 0.25) is 0 Å². The zero-order valence-corrected chi connectivity index (χ0v) is 14.6. The van der Waals surface area contributed by atoms with Gasteiger partial charge in [0.15, 0.2) is 0 Å². The number of nitrogens with zero attached hydrogens (tertiary/aromatic N) is 1. The lowest BCUT2D eigenvalue weighted by molar-refractivity contribution is 0.0580. The van der Waals surface area contributed by atoms with Crippen LogP contribution >= 0.6 is 0 Å². The second kappa shape index (κ2) is 7.23. The number of carbonyl (C=O) groups excluding carboxylic acids is 1. The molecular weight excluding hydrogens is 324 g/mol. The highest BCUT2D eigenvalue weighted by atomic mass is 16.3. The van der Waals surface area contributed by atoms with Crippen molar-refractivity contribution in [1.82, 2.24) is 4.90 Å². The van der Waals surface area contributed by atoms with Gasteiger partial charge in [-0.1, -0.05) is 36.1 Å². The molecule has 2 N–H and O–H groups in total. The lowest BCUT2D eigenvalue weighted by atomic mass is 10.0. The van der Waals surface area contributed by atoms with E-state index in [0.29, 0.717) is 12.8 Å². The molecule has 2 unspecified atom stereocenters. The number of aliphatic hydroxyl groups is 1. The molecule has 0 saturated carbocycles. The molecule has 2 bridgehead atoms. The Morgan fingerprint density at radius 2 is 1.62 bits per heavy atom. The molecule has 2 fully saturated rings. The van der Waals surface area contributed by atoms with Gasteiger partial charge in [-0.2, -0.15) is 0 Å². The molecule has 0 spiro atoms. The van der Waals surface area contributed by atoms with Crippen LogP contribution in [0.2, 0.25) is 0 Å². The smallest absolute Gasteiger partial charge is 0.322 e. The fourth-order valence-corrected chi connectivity index (χ4v) is 4.01. The van der Waals surface area contributed by atoms with E-state index in [2.05, 4.69) is 17.2 Å². The highest BCUT2D eigenvalue weighted by Crippen LogP contribution is 2.36. The van der Waals surface area contributed by atoms with E-state index in [1.165, 1.54) is 0 Å². The maximum absolute atomic E-state index is 12.7. The van der Waals surface area contributed by atoms with Crippen molar-refractivity contribution in [2.75, 3.05) is 5.32 Å². The second-order valence-corrected chi connectivity index (χ2v) is 7.04. The highest BCUT2D eigenvalue weighted by Gasteiger charge is 2.42. The van der Waals surface area contributed by atoms with Crippen LogP contribution in [0.1, 0.15) is 36.8 Å². The summed E-state index contributed by atoms with van der Waals surface area (Å²) in [4.78, 5) is 14.6. The van der Waals surface area contributed by atoms with Gasteiger partial charge in [-0.05, 0) is 56.0 Å². The largest absolute Gasteiger partial charge is 0.393 e. The predicted octanol–water partition coefficient (Wildman–Crippen LogP) is 3.61. The van der Waals surface area contributed by atoms with Crippen molar-refractivity contribution < 1.29 is 9.90 Å². The molecule has 2 aromatic rings. The quantitative estimate of drug-likeness (QED) is 0.775. The fourth-order valence-electron chi connectivity index (χ4n) is 4.01. The average molecular weight is 346 g/mol. The molecule has 2 heterocycles. The Labute approximate surface area is 153 Å². The van der Waals surface area contributed by atoms with E-state index in [1.54, 1.807) is 0 Å². The lowest BCUT2D eigenvalue weighted by Gasteiger charge is -2.37. The maximum atomic E-state index is 12.7. The van der Waals surface area contributed by atoms with Crippen LogP contribution in [0.4, 0.5) is 10.5 Å². The Bertz CT molecular complexity index is 839. The Morgan fingerprint density at radius 1 is 0.962 bits per heavy atom. The number of benzene rings is 2. The van der Waals surface area contributed by atoms with Gasteiger partial charge < -0.3 is 15.3 Å². The summed E-state index contributed by atoms with van der Waals surface area (Å²) in [6.45, 7) is 0. The minimum atomic E-state index is -0.270. The summed E-state index contributed by atoms with van der Waals surface area (Å²) in [5, 5.41) is 12.9. The second-order valence-electron chi connectivity index (χ2n) is 7.04. The van der Waals surface area contributed by atoms with Gasteiger partial charge in [-0.3, -0.25) is 0 Å². The zero-order valence-electron chi connectivity index (χ0n) is 14.6. The molecule has 2 aromatic carbocycles. The Hall–Kier alpha value is -2.77. The molecule has 4 heteroatoms. The molecule has 0 aliphatic carbocycles. The number of piperidine rings is 1. The van der Waals surface area contributed by atoms with Crippen LogP contribution < -0.4 is 5.32 Å². The molecule has 2 amide bonds. The summed E-state index contributed by atoms with van der Waals surface area (Å²) >= 11 is 0. The van der Waals surface area contributed by atoms with E-state index >= 15 is 0 Å². The van der Waals surface area contributed by atoms with Crippen LogP contribution in [0.15, 0.2) is 54.6 Å². The van der Waals surface area contributed by atoms with Gasteiger partial charge in [0, 0.05) is 28.9 Å². The SMILES string of the molecule is O=C(Nc1cccc(C#Cc2ccccc2)c1)N1C2CCC1CC(O)C2. The predicted molar refractivity (Wildman–Crippen MR) is 102 cm³/mol. The van der Waals surface area contributed by atoms with Crippen LogP contribution in [-0.2, 0) is 0 Å². The number of amides is 2. The normalized spacial score (nSPS) is 23.9. The van der Waals surface area contributed by atoms with Crippen molar-refractivity contribution in [3.05, 3.63) is 65.7 Å². The maximum Gasteiger partial charge on any atom is 0.322 e. The molecule has 2 atom stereocenters. The molecule has 0 radical (unpaired) electrons. The van der Waals surface area contributed by atoms with Crippen molar-refractivity contribution >= 4 is 11.7 Å². The third kappa shape index (κ3) is 3.58. The third-order valence-corrected chi connectivity index (χ3v) is 5.18. The number of carbonyl (C=O) groups is 1. The first-order chi connectivity index (χ1) is 12.7. The molecule has 0 aromatic heterocycles. The number of fused-ring (bicyclic) bond motifs is 2. The highest BCUT2D eigenvalue weighted by molar-refractivity contribution is 5.90. The number of aliphatic hydroxyl groups excluding tert-OH is 1. The van der Waals surface area contributed by atoms with E-state index in [1.807, 2.05) is 59.5 Å². The van der Waals surface area contributed by atoms with Gasteiger partial charge in [-0.25, -0.2) is 4.79 Å². The number of nitrogens with one attached hydrogen (secondary N) is 1. The third-order valence-electron chi connectivity index (χ3n) is 5.18. The summed E-state index contributed by atoms with van der Waals surface area (Å²) in [7, 11) is 0. The molecule has 2 saturated heterocycles. The molecule has 2 aliphatic rings. The van der Waals surface area contributed by atoms with Crippen LogP contribution in [0.3, 0.4) is 0 Å². The lowest BCUT2D eigenvalue weighted by Crippen LogP contribution is -2.49. The van der Waals surface area contributed by atoms with E-state index in [4.69, 9.17) is 0 Å². The molecular formula is C22H22N2O2. The van der Waals surface area contributed by atoms with Crippen molar-refractivity contribution in [2.24, 2.45) is 0 Å². The molecule has 4 rings (SSSR count). The average Bonchev–Trinajstić information content (AvgIpc) is 2.93. The van der Waals surface area contributed by atoms with E-state index < -0.39 is 0 Å². The van der Waals surface area contributed by atoms with Crippen molar-refractivity contribution in [2.45, 2.75) is 43.9 Å². The topological polar surface area (TPSA) is 52.6 Å². The van der Waals surface area contributed by atoms with Crippen molar-refractivity contribution in [3.8, 4) is 11.8 Å². The number of hydrogen-bond acceptors (Lipinski definition) is 2. The van der Waals surface area contributed by atoms with Crippen molar-refractivity contribution in [1.29, 1.82) is 0 Å². The van der Waals surface area contributed by atoms with Crippen LogP contribution in [-0.4, -0.2) is 34.2 Å². The Balaban J connectivity index is 1.46. The minimum Gasteiger partial charge on any atom is -0.393 e. The summed E-state index contributed by atoms with van der Waals surface area (Å²) in [6, 6.07) is 17.7. The summed E-state index contributed by atoms with van der Waals surface area (Å²) in [5.41, 5.74) is 2.58. The fraction of sp³-hybridized carbons (Fsp3) is 0.318. The number of hydrogen-bond donors (Lipinski definition) is 2. The zero-order chi connectivity index (χ0) is 17.9. The first-order valence-electron chi connectivity index (χ1n) is 9.13. The van der Waals surface area contributed by atoms with E-state index in [9.17, 15) is 9.90 Å². The number of anilines is 1. The standard InChI is InChI=1S/C22H22N2O2/c25-21-14-19-11-12-20(15-21)24(19)22(26)23-18-8-4-7-17(13-18)10-9-16-5-2-1-3-6-16/h1-8,13,19-21,25H,11-12,14-15H2,(H,23,26). The Kier molecular flexibility index (Phi) is 4.64. The van der Waals surface area contributed by atoms with Gasteiger partial charge in [-0.15, -0.1) is 0 Å². The first-order valence-corrected chi connectivity index (χ1v) is 9.13. The van der Waals surface area contributed by atoms with Gasteiger partial charge in [0.05, 0.1) is 6.10 Å². The molecule has 2 aliphatic heterocycles. The van der Waals surface area contributed by atoms with Crippen LogP contribution in [0.25, 0.3) is 0 Å². The summed E-state index contributed by atoms with van der Waals surface area (Å²) in [5.74, 6) is 6.27. The van der Waals surface area contributed by atoms with Gasteiger partial charge in [0.25, 0.3) is 0 Å². The van der Waals surface area contributed by atoms with Gasteiger partial charge in [0.1, 0.15) is 0 Å². The van der Waals surface area contributed by atoms with Crippen molar-refractivity contribution in [3.63, 3.8) is 0 Å². The molecule has 26 heavy (non-hydrogen) atoms. The number of urea groups is 1.